The van der Waals surface area contributed by atoms with Crippen molar-refractivity contribution in [2.75, 3.05) is 32.7 Å². The Labute approximate surface area is 163 Å². The van der Waals surface area contributed by atoms with Crippen LogP contribution in [0.25, 0.3) is 0 Å². The van der Waals surface area contributed by atoms with Crippen molar-refractivity contribution in [1.29, 1.82) is 0 Å². The molecule has 0 aliphatic carbocycles. The molecule has 0 saturated carbocycles. The fourth-order valence-electron chi connectivity index (χ4n) is 3.02. The summed E-state index contributed by atoms with van der Waals surface area (Å²) in [6.07, 6.45) is 3.55. The molecule has 1 fully saturated rings. The highest BCUT2D eigenvalue weighted by atomic mass is 32.2. The lowest BCUT2D eigenvalue weighted by molar-refractivity contribution is 0.179. The van der Waals surface area contributed by atoms with Gasteiger partial charge in [0.1, 0.15) is 10.0 Å². The first kappa shape index (κ1) is 20.0. The molecule has 3 rings (SSSR count). The molecule has 2 aromatic rings. The van der Waals surface area contributed by atoms with Crippen molar-refractivity contribution in [2.45, 2.75) is 13.1 Å². The van der Waals surface area contributed by atoms with E-state index < -0.39 is 10.0 Å². The molecule has 1 aliphatic heterocycles. The molecule has 0 spiro atoms. The van der Waals surface area contributed by atoms with Crippen molar-refractivity contribution < 1.29 is 12.8 Å². The van der Waals surface area contributed by atoms with E-state index in [0.29, 0.717) is 39.3 Å². The van der Waals surface area contributed by atoms with Crippen molar-refractivity contribution >= 4 is 26.4 Å². The van der Waals surface area contributed by atoms with E-state index in [1.54, 1.807) is 24.7 Å². The minimum atomic E-state index is -3.58. The van der Waals surface area contributed by atoms with E-state index >= 15 is 0 Å². The Bertz CT molecular complexity index is 890. The van der Waals surface area contributed by atoms with Crippen LogP contribution in [-0.2, 0) is 23.1 Å². The zero-order valence-corrected chi connectivity index (χ0v) is 16.4. The summed E-state index contributed by atoms with van der Waals surface area (Å²) in [4.78, 5) is 6.39. The summed E-state index contributed by atoms with van der Waals surface area (Å²) in [6, 6.07) is 6.39. The second-order valence-electron chi connectivity index (χ2n) is 6.40. The smallest absolute Gasteiger partial charge is 0.250 e. The van der Waals surface area contributed by atoms with Gasteiger partial charge in [-0.25, -0.2) is 17.8 Å². The first-order valence-corrected chi connectivity index (χ1v) is 10.4. The molecule has 0 amide bonds. The number of nitrogens with zero attached hydrogens (tertiary/aromatic N) is 4. The first-order valence-electron chi connectivity index (χ1n) is 8.59. The second kappa shape index (κ2) is 8.53. The molecule has 1 aromatic carbocycles. The average molecular weight is 412 g/mol. The van der Waals surface area contributed by atoms with E-state index in [1.165, 1.54) is 16.4 Å². The number of piperazine rings is 1. The van der Waals surface area contributed by atoms with Gasteiger partial charge in [0.25, 0.3) is 10.0 Å². The number of aromatic nitrogens is 2. The van der Waals surface area contributed by atoms with Crippen LogP contribution in [-0.4, -0.2) is 64.1 Å². The van der Waals surface area contributed by atoms with Crippen molar-refractivity contribution in [3.8, 4) is 0 Å². The summed E-state index contributed by atoms with van der Waals surface area (Å²) < 4.78 is 40.9. The Morgan fingerprint density at radius 2 is 1.81 bits per heavy atom. The zero-order chi connectivity index (χ0) is 19.4. The molecule has 2 heterocycles. The summed E-state index contributed by atoms with van der Waals surface area (Å²) in [5.41, 5.74) is 7.39. The van der Waals surface area contributed by atoms with Gasteiger partial charge in [0, 0.05) is 52.0 Å². The number of imidazole rings is 1. The fourth-order valence-corrected chi connectivity index (χ4v) is 4.47. The fraction of sp³-hybridized carbons (Fsp3) is 0.412. The van der Waals surface area contributed by atoms with Gasteiger partial charge >= 0.3 is 0 Å². The van der Waals surface area contributed by atoms with E-state index in [-0.39, 0.29) is 16.6 Å². The molecule has 0 unspecified atom stereocenters. The van der Waals surface area contributed by atoms with Crippen LogP contribution in [0.15, 0.2) is 36.8 Å². The number of hydrogen-bond acceptors (Lipinski definition) is 6. The van der Waals surface area contributed by atoms with Gasteiger partial charge in [-0.1, -0.05) is 24.4 Å². The van der Waals surface area contributed by atoms with Crippen LogP contribution in [0.3, 0.4) is 0 Å². The topological polar surface area (TPSA) is 84.5 Å². The van der Waals surface area contributed by atoms with Gasteiger partial charge in [-0.15, -0.1) is 0 Å². The molecule has 10 heteroatoms. The van der Waals surface area contributed by atoms with Gasteiger partial charge in [0.05, 0.1) is 12.0 Å². The van der Waals surface area contributed by atoms with Crippen LogP contribution in [0.2, 0.25) is 0 Å². The van der Waals surface area contributed by atoms with Crippen molar-refractivity contribution in [3.05, 3.63) is 53.9 Å². The SMILES string of the molecule is NCC(=S)S(=O)(=O)N1CCN(Cc2cncn2Cc2ccc(F)cc2)CC1. The molecule has 146 valence electrons. The van der Waals surface area contributed by atoms with Crippen LogP contribution in [0, 0.1) is 5.82 Å². The van der Waals surface area contributed by atoms with Gasteiger partial charge < -0.3 is 10.3 Å². The normalized spacial score (nSPS) is 16.5. The number of hydrogen-bond donors (Lipinski definition) is 1. The highest BCUT2D eigenvalue weighted by molar-refractivity contribution is 8.16. The highest BCUT2D eigenvalue weighted by Gasteiger charge is 2.29. The van der Waals surface area contributed by atoms with Crippen LogP contribution in [0.5, 0.6) is 0 Å². The van der Waals surface area contributed by atoms with E-state index in [2.05, 4.69) is 9.88 Å². The van der Waals surface area contributed by atoms with E-state index in [0.717, 1.165) is 11.3 Å². The van der Waals surface area contributed by atoms with E-state index in [1.807, 2.05) is 4.57 Å². The Morgan fingerprint density at radius 3 is 2.44 bits per heavy atom. The molecule has 0 bridgehead atoms. The lowest BCUT2D eigenvalue weighted by atomic mass is 10.2. The van der Waals surface area contributed by atoms with Crippen LogP contribution in [0.1, 0.15) is 11.3 Å². The third-order valence-electron chi connectivity index (χ3n) is 4.58. The minimum Gasteiger partial charge on any atom is -0.329 e. The lowest BCUT2D eigenvalue weighted by Crippen LogP contribution is -2.50. The number of halogens is 1. The second-order valence-corrected chi connectivity index (χ2v) is 9.11. The van der Waals surface area contributed by atoms with Gasteiger partial charge in [-0.3, -0.25) is 4.90 Å². The Morgan fingerprint density at radius 1 is 1.15 bits per heavy atom. The number of rotatable bonds is 6. The van der Waals surface area contributed by atoms with Crippen molar-refractivity contribution in [2.24, 2.45) is 5.73 Å². The monoisotopic (exact) mass is 411 g/mol. The number of benzene rings is 1. The molecule has 1 aliphatic rings. The molecule has 2 N–H and O–H groups in total. The lowest BCUT2D eigenvalue weighted by Gasteiger charge is -2.33. The molecule has 27 heavy (non-hydrogen) atoms. The molecule has 0 radical (unpaired) electrons. The van der Waals surface area contributed by atoms with Gasteiger partial charge in [-0.05, 0) is 17.7 Å². The van der Waals surface area contributed by atoms with Crippen LogP contribution < -0.4 is 5.73 Å². The molecule has 7 nitrogen and oxygen atoms in total. The van der Waals surface area contributed by atoms with Crippen LogP contribution >= 0.6 is 12.2 Å². The maximum atomic E-state index is 13.1. The predicted molar refractivity (Wildman–Crippen MR) is 105 cm³/mol. The summed E-state index contributed by atoms with van der Waals surface area (Å²) in [7, 11) is -3.58. The quantitative estimate of drug-likeness (QED) is 0.708. The Hall–Kier alpha value is -1.72. The standard InChI is InChI=1S/C17H22FN5O2S2/c18-15-3-1-14(2-4-15)11-22-13-20-10-16(22)12-21-5-7-23(8-6-21)27(24,25)17(26)9-19/h1-4,10,13H,5-9,11-12,19H2. The number of sulfonamides is 1. The van der Waals surface area contributed by atoms with E-state index in [4.69, 9.17) is 18.0 Å². The Balaban J connectivity index is 1.59. The minimum absolute atomic E-state index is 0.117. The molecule has 0 atom stereocenters. The largest absolute Gasteiger partial charge is 0.329 e. The molecule has 1 saturated heterocycles. The van der Waals surface area contributed by atoms with Crippen molar-refractivity contribution in [1.82, 2.24) is 18.8 Å². The first-order chi connectivity index (χ1) is 12.9. The highest BCUT2D eigenvalue weighted by Crippen LogP contribution is 2.14. The predicted octanol–water partition coefficient (Wildman–Crippen LogP) is 0.804. The van der Waals surface area contributed by atoms with Crippen molar-refractivity contribution in [3.63, 3.8) is 0 Å². The van der Waals surface area contributed by atoms with Crippen LogP contribution in [0.4, 0.5) is 4.39 Å². The third-order valence-corrected chi connectivity index (χ3v) is 7.16. The molecular weight excluding hydrogens is 389 g/mol. The van der Waals surface area contributed by atoms with Gasteiger partial charge in [-0.2, -0.15) is 4.31 Å². The van der Waals surface area contributed by atoms with Gasteiger partial charge in [0.2, 0.25) is 0 Å². The number of nitrogens with two attached hydrogens (primary N) is 1. The summed E-state index contributed by atoms with van der Waals surface area (Å²) >= 11 is 4.88. The number of thiocarbonyl (C=S) groups is 1. The van der Waals surface area contributed by atoms with Gasteiger partial charge in [0.15, 0.2) is 0 Å². The molecular formula is C17H22FN5O2S2. The summed E-state index contributed by atoms with van der Waals surface area (Å²) in [6.45, 7) is 3.11. The van der Waals surface area contributed by atoms with E-state index in [9.17, 15) is 12.8 Å². The Kier molecular flexibility index (Phi) is 6.33. The maximum Gasteiger partial charge on any atom is 0.250 e. The third kappa shape index (κ3) is 4.77. The summed E-state index contributed by atoms with van der Waals surface area (Å²) in [5.74, 6) is -0.258. The average Bonchev–Trinajstić information content (AvgIpc) is 3.10. The summed E-state index contributed by atoms with van der Waals surface area (Å²) in [5, 5.41) is 0. The molecule has 1 aromatic heterocycles. The maximum absolute atomic E-state index is 13.1. The zero-order valence-electron chi connectivity index (χ0n) is 14.8.